The third kappa shape index (κ3) is 4.79. The van der Waals surface area contributed by atoms with E-state index in [1.54, 1.807) is 0 Å². The van der Waals surface area contributed by atoms with Gasteiger partial charge in [-0.3, -0.25) is 9.69 Å². The van der Waals surface area contributed by atoms with Crippen LogP contribution in [0.15, 0.2) is 78.9 Å². The maximum absolute atomic E-state index is 13.2. The Kier molecular flexibility index (Phi) is 6.78. The molecule has 0 radical (unpaired) electrons. The average Bonchev–Trinajstić information content (AvgIpc) is 3.58. The molecular weight excluding hydrogens is 442 g/mol. The molecule has 186 valence electrons. The minimum atomic E-state index is 0.255. The summed E-state index contributed by atoms with van der Waals surface area (Å²) in [4.78, 5) is 20.4. The second kappa shape index (κ2) is 10.5. The van der Waals surface area contributed by atoms with Crippen LogP contribution in [0.5, 0.6) is 0 Å². The molecule has 4 nitrogen and oxygen atoms in total. The fourth-order valence-electron chi connectivity index (χ4n) is 6.46. The first-order valence-corrected chi connectivity index (χ1v) is 13.8. The van der Waals surface area contributed by atoms with Gasteiger partial charge in [-0.2, -0.15) is 0 Å². The quantitative estimate of drug-likeness (QED) is 0.420. The van der Waals surface area contributed by atoms with Crippen molar-refractivity contribution in [1.82, 2.24) is 9.80 Å². The van der Waals surface area contributed by atoms with Crippen molar-refractivity contribution < 1.29 is 4.79 Å². The molecule has 3 aromatic carbocycles. The third-order valence-electron chi connectivity index (χ3n) is 8.57. The normalized spacial score (nSPS) is 18.9. The molecule has 6 rings (SSSR count). The van der Waals surface area contributed by atoms with Gasteiger partial charge >= 0.3 is 0 Å². The first kappa shape index (κ1) is 23.3. The zero-order valence-corrected chi connectivity index (χ0v) is 21.2. The summed E-state index contributed by atoms with van der Waals surface area (Å²) < 4.78 is 0. The van der Waals surface area contributed by atoms with E-state index in [4.69, 9.17) is 0 Å². The highest BCUT2D eigenvalue weighted by atomic mass is 16.2. The SMILES string of the molecule is O=C1c2cc(N3CCN(CCC(c4ccccc4)c4ccccc4)CC3)ccc2CN1C1CCCC1. The van der Waals surface area contributed by atoms with Gasteiger partial charge in [-0.15, -0.1) is 0 Å². The average molecular weight is 480 g/mol. The topological polar surface area (TPSA) is 26.8 Å². The summed E-state index contributed by atoms with van der Waals surface area (Å²) in [5, 5.41) is 0. The molecule has 1 amide bonds. The minimum absolute atomic E-state index is 0.255. The molecule has 4 heteroatoms. The van der Waals surface area contributed by atoms with Crippen molar-refractivity contribution in [3.63, 3.8) is 0 Å². The molecular formula is C32H37N3O. The van der Waals surface area contributed by atoms with E-state index in [-0.39, 0.29) is 5.91 Å². The van der Waals surface area contributed by atoms with Crippen molar-refractivity contribution in [2.24, 2.45) is 0 Å². The summed E-state index contributed by atoms with van der Waals surface area (Å²) in [5.74, 6) is 0.682. The molecule has 0 spiro atoms. The summed E-state index contributed by atoms with van der Waals surface area (Å²) in [7, 11) is 0. The van der Waals surface area contributed by atoms with Gasteiger partial charge in [0, 0.05) is 55.9 Å². The van der Waals surface area contributed by atoms with E-state index in [0.717, 1.165) is 51.3 Å². The highest BCUT2D eigenvalue weighted by Gasteiger charge is 2.34. The number of carbonyl (C=O) groups excluding carboxylic acids is 1. The van der Waals surface area contributed by atoms with Crippen molar-refractivity contribution in [3.8, 4) is 0 Å². The molecule has 0 unspecified atom stereocenters. The van der Waals surface area contributed by atoms with E-state index in [0.29, 0.717) is 12.0 Å². The highest BCUT2D eigenvalue weighted by Crippen LogP contribution is 2.34. The number of anilines is 1. The fraction of sp³-hybridized carbons (Fsp3) is 0.406. The van der Waals surface area contributed by atoms with Crippen LogP contribution in [0, 0.1) is 0 Å². The molecule has 0 atom stereocenters. The van der Waals surface area contributed by atoms with E-state index in [2.05, 4.69) is 93.6 Å². The Morgan fingerprint density at radius 2 is 1.42 bits per heavy atom. The summed E-state index contributed by atoms with van der Waals surface area (Å²) in [6, 6.07) is 28.9. The third-order valence-corrected chi connectivity index (χ3v) is 8.57. The Labute approximate surface area is 215 Å². The predicted molar refractivity (Wildman–Crippen MR) is 147 cm³/mol. The molecule has 1 saturated carbocycles. The zero-order chi connectivity index (χ0) is 24.3. The maximum Gasteiger partial charge on any atom is 0.254 e. The number of amides is 1. The number of carbonyl (C=O) groups is 1. The number of benzene rings is 3. The molecule has 0 N–H and O–H groups in total. The highest BCUT2D eigenvalue weighted by molar-refractivity contribution is 5.99. The van der Waals surface area contributed by atoms with Gasteiger partial charge in [-0.1, -0.05) is 79.6 Å². The van der Waals surface area contributed by atoms with E-state index < -0.39 is 0 Å². The van der Waals surface area contributed by atoms with Crippen LogP contribution in [0.25, 0.3) is 0 Å². The van der Waals surface area contributed by atoms with E-state index in [9.17, 15) is 4.79 Å². The first-order valence-electron chi connectivity index (χ1n) is 13.8. The lowest BCUT2D eigenvalue weighted by atomic mass is 9.88. The molecule has 3 aliphatic rings. The van der Waals surface area contributed by atoms with Crippen LogP contribution >= 0.6 is 0 Å². The Bertz CT molecular complexity index is 1130. The zero-order valence-electron chi connectivity index (χ0n) is 21.2. The first-order chi connectivity index (χ1) is 17.8. The number of rotatable bonds is 7. The number of piperazine rings is 1. The Balaban J connectivity index is 1.07. The van der Waals surface area contributed by atoms with Gasteiger partial charge in [0.1, 0.15) is 0 Å². The van der Waals surface area contributed by atoms with Gasteiger partial charge in [0.15, 0.2) is 0 Å². The van der Waals surface area contributed by atoms with Crippen LogP contribution < -0.4 is 4.90 Å². The summed E-state index contributed by atoms with van der Waals surface area (Å²) in [6.07, 6.45) is 5.99. The van der Waals surface area contributed by atoms with Crippen LogP contribution in [0.3, 0.4) is 0 Å². The number of nitrogens with zero attached hydrogens (tertiary/aromatic N) is 3. The van der Waals surface area contributed by atoms with Crippen LogP contribution in [0.4, 0.5) is 5.69 Å². The fourth-order valence-corrected chi connectivity index (χ4v) is 6.46. The molecule has 1 saturated heterocycles. The van der Waals surface area contributed by atoms with E-state index >= 15 is 0 Å². The van der Waals surface area contributed by atoms with Gasteiger partial charge < -0.3 is 9.80 Å². The van der Waals surface area contributed by atoms with Crippen molar-refractivity contribution in [2.75, 3.05) is 37.6 Å². The lowest BCUT2D eigenvalue weighted by Gasteiger charge is -2.37. The van der Waals surface area contributed by atoms with Crippen molar-refractivity contribution in [1.29, 1.82) is 0 Å². The maximum atomic E-state index is 13.2. The van der Waals surface area contributed by atoms with E-state index in [1.807, 2.05) is 0 Å². The summed E-state index contributed by atoms with van der Waals surface area (Å²) >= 11 is 0. The predicted octanol–water partition coefficient (Wildman–Crippen LogP) is 5.93. The summed E-state index contributed by atoms with van der Waals surface area (Å²) in [6.45, 7) is 6.06. The molecule has 2 heterocycles. The van der Waals surface area contributed by atoms with Crippen molar-refractivity contribution in [2.45, 2.75) is 50.6 Å². The van der Waals surface area contributed by atoms with Gasteiger partial charge in [0.25, 0.3) is 5.91 Å². The molecule has 2 aliphatic heterocycles. The van der Waals surface area contributed by atoms with Crippen molar-refractivity contribution in [3.05, 3.63) is 101 Å². The monoisotopic (exact) mass is 479 g/mol. The standard InChI is InChI=1S/C32H37N3O/c36-32-31-23-29(16-15-27(31)24-35(32)28-13-7-8-14-28)34-21-19-33(20-22-34)18-17-30(25-9-3-1-4-10-25)26-11-5-2-6-12-26/h1-6,9-12,15-16,23,28,30H,7-8,13-14,17-22,24H2. The molecule has 0 bridgehead atoms. The van der Waals surface area contributed by atoms with Crippen LogP contribution in [-0.4, -0.2) is 54.5 Å². The van der Waals surface area contributed by atoms with Crippen LogP contribution in [0.2, 0.25) is 0 Å². The Morgan fingerprint density at radius 3 is 2.06 bits per heavy atom. The second-order valence-electron chi connectivity index (χ2n) is 10.7. The second-order valence-corrected chi connectivity index (χ2v) is 10.7. The summed E-state index contributed by atoms with van der Waals surface area (Å²) in [5.41, 5.74) is 6.16. The minimum Gasteiger partial charge on any atom is -0.369 e. The lowest BCUT2D eigenvalue weighted by Crippen LogP contribution is -2.46. The number of hydrogen-bond donors (Lipinski definition) is 0. The smallest absolute Gasteiger partial charge is 0.254 e. The molecule has 36 heavy (non-hydrogen) atoms. The van der Waals surface area contributed by atoms with Gasteiger partial charge in [0.2, 0.25) is 0 Å². The Morgan fingerprint density at radius 1 is 0.778 bits per heavy atom. The van der Waals surface area contributed by atoms with Gasteiger partial charge in [0.05, 0.1) is 0 Å². The molecule has 0 aromatic heterocycles. The largest absolute Gasteiger partial charge is 0.369 e. The van der Waals surface area contributed by atoms with Crippen LogP contribution in [0.1, 0.15) is 65.1 Å². The van der Waals surface area contributed by atoms with Gasteiger partial charge in [-0.05, 0) is 54.6 Å². The molecule has 2 fully saturated rings. The molecule has 1 aliphatic carbocycles. The van der Waals surface area contributed by atoms with Crippen LogP contribution in [-0.2, 0) is 6.54 Å². The van der Waals surface area contributed by atoms with E-state index in [1.165, 1.54) is 48.1 Å². The van der Waals surface area contributed by atoms with Crippen molar-refractivity contribution >= 4 is 11.6 Å². The lowest BCUT2D eigenvalue weighted by molar-refractivity contribution is 0.0707. The number of hydrogen-bond acceptors (Lipinski definition) is 3. The van der Waals surface area contributed by atoms with Gasteiger partial charge in [-0.25, -0.2) is 0 Å². The number of fused-ring (bicyclic) bond motifs is 1. The Hall–Kier alpha value is -3.11. The molecule has 3 aromatic rings.